The van der Waals surface area contributed by atoms with Crippen molar-refractivity contribution in [2.24, 2.45) is 0 Å². The van der Waals surface area contributed by atoms with Crippen molar-refractivity contribution in [3.05, 3.63) is 28.2 Å². The van der Waals surface area contributed by atoms with Gasteiger partial charge in [0, 0.05) is 11.0 Å². The van der Waals surface area contributed by atoms with E-state index in [0.717, 1.165) is 17.3 Å². The van der Waals surface area contributed by atoms with Crippen LogP contribution in [0.15, 0.2) is 27.6 Å². The SMILES string of the molecule is CCOC(=O)C1CCCCN1S(=O)(=O)c1ccc(Br)cc1C. The van der Waals surface area contributed by atoms with E-state index >= 15 is 0 Å². The van der Waals surface area contributed by atoms with Gasteiger partial charge in [0.2, 0.25) is 10.0 Å². The van der Waals surface area contributed by atoms with Gasteiger partial charge >= 0.3 is 5.97 Å². The van der Waals surface area contributed by atoms with Crippen LogP contribution in [0.3, 0.4) is 0 Å². The first kappa shape index (κ1) is 17.4. The topological polar surface area (TPSA) is 63.7 Å². The van der Waals surface area contributed by atoms with Gasteiger partial charge in [0.25, 0.3) is 0 Å². The van der Waals surface area contributed by atoms with Crippen LogP contribution in [0.5, 0.6) is 0 Å². The summed E-state index contributed by atoms with van der Waals surface area (Å²) in [5.41, 5.74) is 0.655. The molecule has 0 N–H and O–H groups in total. The predicted octanol–water partition coefficient (Wildman–Crippen LogP) is 2.86. The van der Waals surface area contributed by atoms with E-state index in [1.165, 1.54) is 4.31 Å². The van der Waals surface area contributed by atoms with Crippen molar-refractivity contribution in [2.45, 2.75) is 44.0 Å². The minimum Gasteiger partial charge on any atom is -0.465 e. The van der Waals surface area contributed by atoms with E-state index in [1.54, 1.807) is 32.0 Å². The maximum absolute atomic E-state index is 12.9. The maximum atomic E-state index is 12.9. The van der Waals surface area contributed by atoms with Gasteiger partial charge in [-0.15, -0.1) is 0 Å². The molecule has 1 unspecified atom stereocenters. The number of aryl methyl sites for hydroxylation is 1. The van der Waals surface area contributed by atoms with Gasteiger partial charge in [0.05, 0.1) is 11.5 Å². The molecule has 0 amide bonds. The molecule has 1 aliphatic rings. The van der Waals surface area contributed by atoms with Crippen molar-refractivity contribution in [3.63, 3.8) is 0 Å². The standard InChI is InChI=1S/C15H20BrNO4S/c1-3-21-15(18)13-6-4-5-9-17(13)22(19,20)14-8-7-12(16)10-11(14)2/h7-8,10,13H,3-6,9H2,1-2H3. The van der Waals surface area contributed by atoms with Gasteiger partial charge in [0.1, 0.15) is 6.04 Å². The zero-order chi connectivity index (χ0) is 16.3. The molecular formula is C15H20BrNO4S. The molecule has 1 saturated heterocycles. The molecule has 0 saturated carbocycles. The molecule has 0 spiro atoms. The van der Waals surface area contributed by atoms with E-state index in [0.29, 0.717) is 18.5 Å². The maximum Gasteiger partial charge on any atom is 0.324 e. The second-order valence-corrected chi connectivity index (χ2v) is 8.06. The van der Waals surface area contributed by atoms with Crippen molar-refractivity contribution >= 4 is 31.9 Å². The van der Waals surface area contributed by atoms with Crippen LogP contribution in [0.1, 0.15) is 31.7 Å². The summed E-state index contributed by atoms with van der Waals surface area (Å²) in [6.07, 6.45) is 2.09. The summed E-state index contributed by atoms with van der Waals surface area (Å²) >= 11 is 3.33. The van der Waals surface area contributed by atoms with Gasteiger partial charge in [-0.2, -0.15) is 4.31 Å². The molecule has 22 heavy (non-hydrogen) atoms. The van der Waals surface area contributed by atoms with Crippen LogP contribution >= 0.6 is 15.9 Å². The van der Waals surface area contributed by atoms with Gasteiger partial charge in [-0.25, -0.2) is 8.42 Å². The van der Waals surface area contributed by atoms with E-state index in [4.69, 9.17) is 4.74 Å². The fraction of sp³-hybridized carbons (Fsp3) is 0.533. The molecule has 122 valence electrons. The van der Waals surface area contributed by atoms with E-state index in [2.05, 4.69) is 15.9 Å². The van der Waals surface area contributed by atoms with Crippen molar-refractivity contribution < 1.29 is 17.9 Å². The molecule has 0 aromatic heterocycles. The third-order valence-corrected chi connectivity index (χ3v) is 6.30. The summed E-state index contributed by atoms with van der Waals surface area (Å²) in [7, 11) is -3.71. The van der Waals surface area contributed by atoms with Gasteiger partial charge < -0.3 is 4.74 Å². The summed E-state index contributed by atoms with van der Waals surface area (Å²) < 4.78 is 33.0. The number of carbonyl (C=O) groups is 1. The number of hydrogen-bond donors (Lipinski definition) is 0. The molecule has 7 heteroatoms. The molecule has 1 aromatic rings. The molecule has 0 radical (unpaired) electrons. The number of hydrogen-bond acceptors (Lipinski definition) is 4. The number of nitrogens with zero attached hydrogens (tertiary/aromatic N) is 1. The van der Waals surface area contributed by atoms with E-state index < -0.39 is 22.0 Å². The van der Waals surface area contributed by atoms with Crippen LogP contribution in [0, 0.1) is 6.92 Å². The molecule has 1 aliphatic heterocycles. The van der Waals surface area contributed by atoms with E-state index in [-0.39, 0.29) is 11.5 Å². The molecule has 5 nitrogen and oxygen atoms in total. The number of benzene rings is 1. The third-order valence-electron chi connectivity index (χ3n) is 3.74. The Morgan fingerprint density at radius 3 is 2.77 bits per heavy atom. The first-order chi connectivity index (χ1) is 10.4. The number of carbonyl (C=O) groups excluding carboxylic acids is 1. The Balaban J connectivity index is 2.38. The molecule has 1 heterocycles. The van der Waals surface area contributed by atoms with Crippen LogP contribution < -0.4 is 0 Å². The lowest BCUT2D eigenvalue weighted by molar-refractivity contribution is -0.148. The highest BCUT2D eigenvalue weighted by Crippen LogP contribution is 2.29. The quantitative estimate of drug-likeness (QED) is 0.742. The summed E-state index contributed by atoms with van der Waals surface area (Å²) in [6.45, 7) is 4.07. The van der Waals surface area contributed by atoms with Gasteiger partial charge in [-0.1, -0.05) is 15.9 Å². The lowest BCUT2D eigenvalue weighted by Gasteiger charge is -2.33. The second kappa shape index (κ2) is 7.10. The zero-order valence-electron chi connectivity index (χ0n) is 12.7. The van der Waals surface area contributed by atoms with Crippen LogP contribution in [0.2, 0.25) is 0 Å². The number of halogens is 1. The average Bonchev–Trinajstić information content (AvgIpc) is 2.47. The van der Waals surface area contributed by atoms with Gasteiger partial charge in [-0.05, 0) is 56.9 Å². The van der Waals surface area contributed by atoms with E-state index in [9.17, 15) is 13.2 Å². The molecule has 1 aromatic carbocycles. The van der Waals surface area contributed by atoms with Crippen LogP contribution in [0.25, 0.3) is 0 Å². The predicted molar refractivity (Wildman–Crippen MR) is 87.0 cm³/mol. The van der Waals surface area contributed by atoms with Crippen molar-refractivity contribution in [2.75, 3.05) is 13.2 Å². The lowest BCUT2D eigenvalue weighted by atomic mass is 10.1. The molecule has 1 atom stereocenters. The normalized spacial score (nSPS) is 19.9. The number of piperidine rings is 1. The minimum atomic E-state index is -3.71. The molecular weight excluding hydrogens is 370 g/mol. The van der Waals surface area contributed by atoms with E-state index in [1.807, 2.05) is 0 Å². The summed E-state index contributed by atoms with van der Waals surface area (Å²) in [5.74, 6) is -0.458. The van der Waals surface area contributed by atoms with Gasteiger partial charge in [-0.3, -0.25) is 4.79 Å². The minimum absolute atomic E-state index is 0.242. The molecule has 0 aliphatic carbocycles. The summed E-state index contributed by atoms with van der Waals surface area (Å²) in [6, 6.07) is 4.31. The highest BCUT2D eigenvalue weighted by atomic mass is 79.9. The number of sulfonamides is 1. The highest BCUT2D eigenvalue weighted by Gasteiger charge is 2.38. The Morgan fingerprint density at radius 1 is 1.41 bits per heavy atom. The summed E-state index contributed by atoms with van der Waals surface area (Å²) in [5, 5.41) is 0. The van der Waals surface area contributed by atoms with Crippen molar-refractivity contribution in [1.29, 1.82) is 0 Å². The average molecular weight is 390 g/mol. The Bertz CT molecular complexity index is 660. The number of esters is 1. The number of ether oxygens (including phenoxy) is 1. The zero-order valence-corrected chi connectivity index (χ0v) is 15.1. The Kier molecular flexibility index (Phi) is 5.63. The highest BCUT2D eigenvalue weighted by molar-refractivity contribution is 9.10. The van der Waals surface area contributed by atoms with Crippen molar-refractivity contribution in [1.82, 2.24) is 4.31 Å². The van der Waals surface area contributed by atoms with Crippen LogP contribution in [-0.4, -0.2) is 37.9 Å². The molecule has 1 fully saturated rings. The fourth-order valence-corrected chi connectivity index (χ4v) is 5.03. The molecule has 0 bridgehead atoms. The number of rotatable bonds is 4. The Hall–Kier alpha value is -0.920. The van der Waals surface area contributed by atoms with Crippen LogP contribution in [0.4, 0.5) is 0 Å². The second-order valence-electron chi connectivity index (χ2n) is 5.29. The van der Waals surface area contributed by atoms with Gasteiger partial charge in [0.15, 0.2) is 0 Å². The van der Waals surface area contributed by atoms with Crippen molar-refractivity contribution in [3.8, 4) is 0 Å². The fourth-order valence-electron chi connectivity index (χ4n) is 2.70. The largest absolute Gasteiger partial charge is 0.465 e. The first-order valence-corrected chi connectivity index (χ1v) is 9.56. The lowest BCUT2D eigenvalue weighted by Crippen LogP contribution is -2.48. The molecule has 2 rings (SSSR count). The summed E-state index contributed by atoms with van der Waals surface area (Å²) in [4.78, 5) is 12.3. The monoisotopic (exact) mass is 389 g/mol. The van der Waals surface area contributed by atoms with Crippen LogP contribution in [-0.2, 0) is 19.6 Å². The Labute approximate surface area is 139 Å². The smallest absolute Gasteiger partial charge is 0.324 e. The third kappa shape index (κ3) is 3.52. The Morgan fingerprint density at radius 2 is 2.14 bits per heavy atom. The first-order valence-electron chi connectivity index (χ1n) is 7.32.